The Morgan fingerprint density at radius 2 is 1.85 bits per heavy atom. The fourth-order valence-electron chi connectivity index (χ4n) is 0.957. The number of hydrogen-bond acceptors (Lipinski definition) is 2. The van der Waals surface area contributed by atoms with E-state index in [0.717, 1.165) is 26.2 Å². The van der Waals surface area contributed by atoms with E-state index >= 15 is 0 Å². The van der Waals surface area contributed by atoms with Crippen LogP contribution in [0.2, 0.25) is 0 Å². The second-order valence-corrected chi connectivity index (χ2v) is 5.00. The molecule has 0 fully saturated rings. The third kappa shape index (κ3) is 11.9. The van der Waals surface area contributed by atoms with E-state index in [4.69, 9.17) is 4.74 Å². The number of nitrogens with one attached hydrogen (secondary N) is 1. The first-order valence-corrected chi connectivity index (χ1v) is 5.24. The molecule has 0 aromatic rings. The minimum absolute atomic E-state index is 0.234. The minimum Gasteiger partial charge on any atom is -0.381 e. The Morgan fingerprint density at radius 1 is 1.23 bits per heavy atom. The Morgan fingerprint density at radius 3 is 2.31 bits per heavy atom. The molecule has 13 heavy (non-hydrogen) atoms. The van der Waals surface area contributed by atoms with Gasteiger partial charge in [0.1, 0.15) is 0 Å². The molecule has 0 saturated carbocycles. The van der Waals surface area contributed by atoms with Gasteiger partial charge in [-0.15, -0.1) is 0 Å². The van der Waals surface area contributed by atoms with Gasteiger partial charge < -0.3 is 10.1 Å². The third-order valence-corrected chi connectivity index (χ3v) is 1.57. The highest BCUT2D eigenvalue weighted by atomic mass is 16.5. The van der Waals surface area contributed by atoms with Crippen LogP contribution in [-0.2, 0) is 4.74 Å². The molecule has 0 amide bonds. The first-order chi connectivity index (χ1) is 5.92. The lowest BCUT2D eigenvalue weighted by Crippen LogP contribution is -2.36. The molecule has 80 valence electrons. The van der Waals surface area contributed by atoms with Gasteiger partial charge >= 0.3 is 0 Å². The lowest BCUT2D eigenvalue weighted by atomic mass is 10.1. The maximum absolute atomic E-state index is 5.47. The first-order valence-electron chi connectivity index (χ1n) is 5.24. The Bertz CT molecular complexity index is 116. The largest absolute Gasteiger partial charge is 0.381 e. The van der Waals surface area contributed by atoms with Crippen molar-refractivity contribution in [3.8, 4) is 0 Å². The molecule has 0 aromatic heterocycles. The van der Waals surface area contributed by atoms with Gasteiger partial charge in [-0.3, -0.25) is 0 Å². The lowest BCUT2D eigenvalue weighted by Gasteiger charge is -2.20. The highest BCUT2D eigenvalue weighted by Gasteiger charge is 2.06. The second-order valence-electron chi connectivity index (χ2n) is 5.00. The molecule has 0 bridgehead atoms. The molecule has 0 aliphatic rings. The molecule has 0 heterocycles. The topological polar surface area (TPSA) is 21.3 Å². The van der Waals surface area contributed by atoms with Crippen molar-refractivity contribution in [1.29, 1.82) is 0 Å². The van der Waals surface area contributed by atoms with E-state index < -0.39 is 0 Å². The molecule has 0 aliphatic heterocycles. The molecule has 0 atom stereocenters. The zero-order valence-corrected chi connectivity index (χ0v) is 9.81. The van der Waals surface area contributed by atoms with Crippen LogP contribution in [0.5, 0.6) is 0 Å². The second kappa shape index (κ2) is 6.39. The van der Waals surface area contributed by atoms with Crippen molar-refractivity contribution in [2.24, 2.45) is 5.92 Å². The zero-order valence-electron chi connectivity index (χ0n) is 9.81. The van der Waals surface area contributed by atoms with Gasteiger partial charge in [-0.2, -0.15) is 0 Å². The molecule has 0 saturated heterocycles. The van der Waals surface area contributed by atoms with Gasteiger partial charge in [0, 0.05) is 18.8 Å². The van der Waals surface area contributed by atoms with Crippen molar-refractivity contribution in [3.05, 3.63) is 0 Å². The van der Waals surface area contributed by atoms with Crippen molar-refractivity contribution in [2.75, 3.05) is 19.8 Å². The highest BCUT2D eigenvalue weighted by Crippen LogP contribution is 1.98. The summed E-state index contributed by atoms with van der Waals surface area (Å²) >= 11 is 0. The van der Waals surface area contributed by atoms with E-state index in [-0.39, 0.29) is 5.54 Å². The normalized spacial score (nSPS) is 12.5. The van der Waals surface area contributed by atoms with Gasteiger partial charge in [0.25, 0.3) is 0 Å². The zero-order chi connectivity index (χ0) is 10.3. The van der Waals surface area contributed by atoms with Gasteiger partial charge in [-0.1, -0.05) is 13.8 Å². The van der Waals surface area contributed by atoms with Crippen LogP contribution in [0.3, 0.4) is 0 Å². The summed E-state index contributed by atoms with van der Waals surface area (Å²) in [6.07, 6.45) is 1.10. The van der Waals surface area contributed by atoms with Crippen LogP contribution in [-0.4, -0.2) is 25.3 Å². The molecule has 0 aromatic carbocycles. The summed E-state index contributed by atoms with van der Waals surface area (Å²) in [5, 5.41) is 3.43. The molecular formula is C11H25NO. The fraction of sp³-hybridized carbons (Fsp3) is 1.00. The SMILES string of the molecule is CC(C)COCCCNC(C)(C)C. The predicted octanol–water partition coefficient (Wildman–Crippen LogP) is 2.44. The van der Waals surface area contributed by atoms with E-state index in [1.165, 1.54) is 0 Å². The summed E-state index contributed by atoms with van der Waals surface area (Å²) in [6.45, 7) is 13.7. The molecule has 0 radical (unpaired) electrons. The summed E-state index contributed by atoms with van der Waals surface area (Å²) in [4.78, 5) is 0. The van der Waals surface area contributed by atoms with Crippen LogP contribution in [0.25, 0.3) is 0 Å². The number of rotatable bonds is 6. The van der Waals surface area contributed by atoms with Crippen molar-refractivity contribution >= 4 is 0 Å². The van der Waals surface area contributed by atoms with Crippen LogP contribution >= 0.6 is 0 Å². The maximum atomic E-state index is 5.47. The summed E-state index contributed by atoms with van der Waals surface area (Å²) in [5.41, 5.74) is 0.234. The minimum atomic E-state index is 0.234. The molecule has 0 spiro atoms. The third-order valence-electron chi connectivity index (χ3n) is 1.57. The smallest absolute Gasteiger partial charge is 0.0489 e. The predicted molar refractivity (Wildman–Crippen MR) is 58.0 cm³/mol. The average molecular weight is 187 g/mol. The van der Waals surface area contributed by atoms with E-state index in [0.29, 0.717) is 5.92 Å². The van der Waals surface area contributed by atoms with Crippen molar-refractivity contribution in [2.45, 2.75) is 46.6 Å². The summed E-state index contributed by atoms with van der Waals surface area (Å²) < 4.78 is 5.47. The van der Waals surface area contributed by atoms with Crippen LogP contribution in [0.4, 0.5) is 0 Å². The van der Waals surface area contributed by atoms with E-state index in [9.17, 15) is 0 Å². The van der Waals surface area contributed by atoms with Gasteiger partial charge in [-0.05, 0) is 39.7 Å². The maximum Gasteiger partial charge on any atom is 0.0489 e. The van der Waals surface area contributed by atoms with E-state index in [1.54, 1.807) is 0 Å². The summed E-state index contributed by atoms with van der Waals surface area (Å²) in [5.74, 6) is 0.649. The molecule has 2 nitrogen and oxygen atoms in total. The van der Waals surface area contributed by atoms with Gasteiger partial charge in [0.2, 0.25) is 0 Å². The lowest BCUT2D eigenvalue weighted by molar-refractivity contribution is 0.107. The molecule has 0 aliphatic carbocycles. The standard InChI is InChI=1S/C11H25NO/c1-10(2)9-13-8-6-7-12-11(3,4)5/h10,12H,6-9H2,1-5H3. The van der Waals surface area contributed by atoms with Crippen LogP contribution in [0.15, 0.2) is 0 Å². The van der Waals surface area contributed by atoms with Crippen molar-refractivity contribution in [1.82, 2.24) is 5.32 Å². The monoisotopic (exact) mass is 187 g/mol. The summed E-state index contributed by atoms with van der Waals surface area (Å²) in [6, 6.07) is 0. The molecule has 0 unspecified atom stereocenters. The van der Waals surface area contributed by atoms with E-state index in [2.05, 4.69) is 39.9 Å². The summed E-state index contributed by atoms with van der Waals surface area (Å²) in [7, 11) is 0. The van der Waals surface area contributed by atoms with Crippen LogP contribution in [0.1, 0.15) is 41.0 Å². The quantitative estimate of drug-likeness (QED) is 0.645. The number of hydrogen-bond donors (Lipinski definition) is 1. The molecule has 1 N–H and O–H groups in total. The molecule has 0 rings (SSSR count). The molecular weight excluding hydrogens is 162 g/mol. The van der Waals surface area contributed by atoms with E-state index in [1.807, 2.05) is 0 Å². The van der Waals surface area contributed by atoms with Crippen LogP contribution < -0.4 is 5.32 Å². The Hall–Kier alpha value is -0.0800. The number of ether oxygens (including phenoxy) is 1. The van der Waals surface area contributed by atoms with Crippen molar-refractivity contribution < 1.29 is 4.74 Å². The van der Waals surface area contributed by atoms with Gasteiger partial charge in [0.15, 0.2) is 0 Å². The Kier molecular flexibility index (Phi) is 6.35. The highest BCUT2D eigenvalue weighted by molar-refractivity contribution is 4.69. The van der Waals surface area contributed by atoms with Crippen LogP contribution in [0, 0.1) is 5.92 Å². The Balaban J connectivity index is 3.09. The first kappa shape index (κ1) is 12.9. The van der Waals surface area contributed by atoms with Gasteiger partial charge in [0.05, 0.1) is 0 Å². The molecule has 2 heteroatoms. The fourth-order valence-corrected chi connectivity index (χ4v) is 0.957. The Labute approximate surface area is 83.1 Å². The van der Waals surface area contributed by atoms with Gasteiger partial charge in [-0.25, -0.2) is 0 Å². The van der Waals surface area contributed by atoms with Crippen molar-refractivity contribution in [3.63, 3.8) is 0 Å². The average Bonchev–Trinajstić information content (AvgIpc) is 1.93.